The van der Waals surface area contributed by atoms with E-state index in [0.29, 0.717) is 41.7 Å². The molecule has 0 fully saturated rings. The average Bonchev–Trinajstić information content (AvgIpc) is 3.05. The molecule has 142 valence electrons. The smallest absolute Gasteiger partial charge is 0.329 e. The normalized spacial score (nSPS) is 16.4. The fraction of sp³-hybridized carbons (Fsp3) is 0.389. The second-order valence-corrected chi connectivity index (χ2v) is 6.77. The predicted molar refractivity (Wildman–Crippen MR) is 101 cm³/mol. The lowest BCUT2D eigenvalue weighted by Gasteiger charge is -2.33. The van der Waals surface area contributed by atoms with Gasteiger partial charge >= 0.3 is 5.69 Å². The molecule has 0 spiro atoms. The molecule has 1 aliphatic rings. The second kappa shape index (κ2) is 6.19. The van der Waals surface area contributed by atoms with E-state index in [1.807, 2.05) is 27.7 Å². The fourth-order valence-electron chi connectivity index (χ4n) is 3.58. The van der Waals surface area contributed by atoms with E-state index in [9.17, 15) is 9.59 Å². The third kappa shape index (κ3) is 2.57. The van der Waals surface area contributed by atoms with Crippen molar-refractivity contribution in [3.63, 3.8) is 0 Å². The predicted octanol–water partition coefficient (Wildman–Crippen LogP) is 1.23. The lowest BCUT2D eigenvalue weighted by Crippen LogP contribution is -2.35. The molecule has 0 bridgehead atoms. The highest BCUT2D eigenvalue weighted by Gasteiger charge is 2.30. The van der Waals surface area contributed by atoms with E-state index < -0.39 is 11.2 Å². The number of aryl methyl sites for hydroxylation is 1. The molecule has 1 atom stereocenters. The van der Waals surface area contributed by atoms with Gasteiger partial charge in [0.15, 0.2) is 11.2 Å². The molecule has 1 N–H and O–H groups in total. The van der Waals surface area contributed by atoms with E-state index in [0.717, 1.165) is 5.69 Å². The van der Waals surface area contributed by atoms with Gasteiger partial charge in [0.2, 0.25) is 5.95 Å². The van der Waals surface area contributed by atoms with Crippen LogP contribution in [-0.2, 0) is 13.6 Å². The number of imidazole rings is 1. The minimum absolute atomic E-state index is 0.252. The number of ether oxygens (including phenoxy) is 2. The van der Waals surface area contributed by atoms with Crippen molar-refractivity contribution in [2.24, 2.45) is 13.0 Å². The zero-order chi connectivity index (χ0) is 19.3. The van der Waals surface area contributed by atoms with Gasteiger partial charge in [0, 0.05) is 26.2 Å². The summed E-state index contributed by atoms with van der Waals surface area (Å²) in [6, 6.07) is 5.54. The number of anilines is 2. The third-order valence-electron chi connectivity index (χ3n) is 4.89. The zero-order valence-corrected chi connectivity index (χ0v) is 15.6. The number of nitrogens with one attached hydrogen (secondary N) is 1. The van der Waals surface area contributed by atoms with E-state index >= 15 is 0 Å². The van der Waals surface area contributed by atoms with Crippen molar-refractivity contribution in [1.82, 2.24) is 19.1 Å². The summed E-state index contributed by atoms with van der Waals surface area (Å²) in [4.78, 5) is 33.4. The van der Waals surface area contributed by atoms with Gasteiger partial charge in [-0.2, -0.15) is 4.98 Å². The first kappa shape index (κ1) is 17.2. The minimum Gasteiger partial charge on any atom is -0.497 e. The minimum atomic E-state index is -0.485. The maximum atomic E-state index is 12.5. The molecule has 27 heavy (non-hydrogen) atoms. The van der Waals surface area contributed by atoms with Crippen LogP contribution in [0.15, 0.2) is 27.8 Å². The molecular weight excluding hydrogens is 350 g/mol. The molecule has 0 saturated heterocycles. The molecule has 3 heterocycles. The van der Waals surface area contributed by atoms with Crippen molar-refractivity contribution < 1.29 is 9.47 Å². The summed E-state index contributed by atoms with van der Waals surface area (Å²) in [6.45, 7) is 3.43. The van der Waals surface area contributed by atoms with Gasteiger partial charge < -0.3 is 18.9 Å². The largest absolute Gasteiger partial charge is 0.497 e. The van der Waals surface area contributed by atoms with Gasteiger partial charge in [-0.15, -0.1) is 0 Å². The number of aromatic amines is 1. The summed E-state index contributed by atoms with van der Waals surface area (Å²) in [5.74, 6) is 2.21. The quantitative estimate of drug-likeness (QED) is 0.744. The van der Waals surface area contributed by atoms with Crippen LogP contribution >= 0.6 is 0 Å². The molecular formula is C18H21N5O4. The number of aromatic nitrogens is 4. The molecule has 2 aromatic heterocycles. The van der Waals surface area contributed by atoms with Gasteiger partial charge in [0.25, 0.3) is 5.56 Å². The average molecular weight is 371 g/mol. The Labute approximate surface area is 154 Å². The third-order valence-corrected chi connectivity index (χ3v) is 4.89. The molecule has 4 rings (SSSR count). The molecule has 9 nitrogen and oxygen atoms in total. The van der Waals surface area contributed by atoms with E-state index in [1.165, 1.54) is 4.57 Å². The maximum absolute atomic E-state index is 12.5. The molecule has 0 saturated carbocycles. The van der Waals surface area contributed by atoms with Crippen LogP contribution in [0.2, 0.25) is 0 Å². The maximum Gasteiger partial charge on any atom is 0.329 e. The van der Waals surface area contributed by atoms with Crippen LogP contribution in [0.5, 0.6) is 11.5 Å². The lowest BCUT2D eigenvalue weighted by atomic mass is 10.1. The standard InChI is InChI=1S/C18H21N5O4/c1-10-8-22(12-7-11(26-3)5-6-13(12)27-4)17-19-15-14(23(17)9-10)16(24)20-18(25)21(15)2/h5-7,10H,8-9H2,1-4H3,(H,20,24,25)/t10-/m1/s1. The molecule has 1 aromatic carbocycles. The van der Waals surface area contributed by atoms with Crippen LogP contribution in [0.25, 0.3) is 11.2 Å². The Morgan fingerprint density at radius 3 is 2.67 bits per heavy atom. The van der Waals surface area contributed by atoms with Crippen molar-refractivity contribution in [2.75, 3.05) is 25.7 Å². The van der Waals surface area contributed by atoms with Crippen LogP contribution < -0.4 is 25.6 Å². The molecule has 0 amide bonds. The first-order valence-electron chi connectivity index (χ1n) is 8.63. The number of methoxy groups -OCH3 is 2. The summed E-state index contributed by atoms with van der Waals surface area (Å²) in [6.07, 6.45) is 0. The molecule has 3 aromatic rings. The van der Waals surface area contributed by atoms with Crippen molar-refractivity contribution >= 4 is 22.8 Å². The zero-order valence-electron chi connectivity index (χ0n) is 15.6. The van der Waals surface area contributed by atoms with Crippen LogP contribution in [0.4, 0.5) is 11.6 Å². The Hall–Kier alpha value is -3.23. The van der Waals surface area contributed by atoms with Gasteiger partial charge in [-0.1, -0.05) is 6.92 Å². The van der Waals surface area contributed by atoms with Crippen LogP contribution in [0.1, 0.15) is 6.92 Å². The number of rotatable bonds is 3. The van der Waals surface area contributed by atoms with Crippen molar-refractivity contribution in [3.05, 3.63) is 39.0 Å². The number of benzene rings is 1. The summed E-state index contributed by atoms with van der Waals surface area (Å²) in [5.41, 5.74) is 0.631. The number of hydrogen-bond acceptors (Lipinski definition) is 6. The topological polar surface area (TPSA) is 94.4 Å². The Morgan fingerprint density at radius 1 is 1.19 bits per heavy atom. The number of nitrogens with zero attached hydrogens (tertiary/aromatic N) is 4. The Bertz CT molecular complexity index is 1140. The van der Waals surface area contributed by atoms with Gasteiger partial charge in [-0.05, 0) is 18.1 Å². The van der Waals surface area contributed by atoms with E-state index in [-0.39, 0.29) is 5.92 Å². The molecule has 0 unspecified atom stereocenters. The Balaban J connectivity index is 2.01. The van der Waals surface area contributed by atoms with Crippen LogP contribution in [0, 0.1) is 5.92 Å². The Morgan fingerprint density at radius 2 is 1.96 bits per heavy atom. The van der Waals surface area contributed by atoms with E-state index in [1.54, 1.807) is 21.3 Å². The highest BCUT2D eigenvalue weighted by molar-refractivity contribution is 5.78. The number of fused-ring (bicyclic) bond motifs is 3. The second-order valence-electron chi connectivity index (χ2n) is 6.77. The molecule has 1 aliphatic heterocycles. The van der Waals surface area contributed by atoms with Crippen molar-refractivity contribution in [3.8, 4) is 11.5 Å². The highest BCUT2D eigenvalue weighted by Crippen LogP contribution is 2.39. The molecule has 0 aliphatic carbocycles. The summed E-state index contributed by atoms with van der Waals surface area (Å²) < 4.78 is 14.1. The number of H-pyrrole nitrogens is 1. The molecule has 9 heteroatoms. The van der Waals surface area contributed by atoms with Gasteiger partial charge in [-0.25, -0.2) is 4.79 Å². The van der Waals surface area contributed by atoms with E-state index in [4.69, 9.17) is 9.47 Å². The van der Waals surface area contributed by atoms with Crippen molar-refractivity contribution in [1.29, 1.82) is 0 Å². The summed E-state index contributed by atoms with van der Waals surface area (Å²) in [5, 5.41) is 0. The van der Waals surface area contributed by atoms with Crippen LogP contribution in [-0.4, -0.2) is 39.9 Å². The van der Waals surface area contributed by atoms with Gasteiger partial charge in [0.1, 0.15) is 11.5 Å². The number of hydrogen-bond donors (Lipinski definition) is 1. The molecule has 0 radical (unpaired) electrons. The first-order valence-corrected chi connectivity index (χ1v) is 8.63. The summed E-state index contributed by atoms with van der Waals surface area (Å²) >= 11 is 0. The van der Waals surface area contributed by atoms with Crippen molar-refractivity contribution in [2.45, 2.75) is 13.5 Å². The summed E-state index contributed by atoms with van der Waals surface area (Å²) in [7, 11) is 4.81. The van der Waals surface area contributed by atoms with Crippen LogP contribution in [0.3, 0.4) is 0 Å². The SMILES string of the molecule is COc1ccc(OC)c(N2C[C@@H](C)Cn3c2nc2c3c(=O)[nH]c(=O)n2C)c1. The monoisotopic (exact) mass is 371 g/mol. The highest BCUT2D eigenvalue weighted by atomic mass is 16.5. The van der Waals surface area contributed by atoms with E-state index in [2.05, 4.69) is 16.9 Å². The first-order chi connectivity index (χ1) is 12.9. The van der Waals surface area contributed by atoms with Gasteiger partial charge in [0.05, 0.1) is 19.9 Å². The van der Waals surface area contributed by atoms with Gasteiger partial charge in [-0.3, -0.25) is 14.3 Å². The Kier molecular flexibility index (Phi) is 3.94. The lowest BCUT2D eigenvalue weighted by molar-refractivity contribution is 0.400. The fourth-order valence-corrected chi connectivity index (χ4v) is 3.58.